The molecule has 1 saturated carbocycles. The molecule has 2 saturated heterocycles. The summed E-state index contributed by atoms with van der Waals surface area (Å²) < 4.78 is 35.1. The van der Waals surface area contributed by atoms with Gasteiger partial charge in [0.05, 0.1) is 58.1 Å². The number of carbonyl (C=O) groups excluding carboxylic acids is 5. The molecule has 16 nitrogen and oxygen atoms in total. The van der Waals surface area contributed by atoms with Crippen LogP contribution in [0.25, 0.3) is 0 Å². The highest BCUT2D eigenvalue weighted by Gasteiger charge is 2.72. The van der Waals surface area contributed by atoms with Crippen molar-refractivity contribution >= 4 is 29.4 Å². The molecule has 3 fully saturated rings. The smallest absolute Gasteiger partial charge is 0.306 e. The third-order valence-corrected chi connectivity index (χ3v) is 9.56. The van der Waals surface area contributed by atoms with Gasteiger partial charge < -0.3 is 44.4 Å². The van der Waals surface area contributed by atoms with E-state index in [0.717, 1.165) is 12.8 Å². The van der Waals surface area contributed by atoms with Crippen LogP contribution in [0.1, 0.15) is 66.7 Å². The Morgan fingerprint density at radius 1 is 0.980 bits per heavy atom. The van der Waals surface area contributed by atoms with Crippen molar-refractivity contribution in [2.24, 2.45) is 17.7 Å². The number of hydrazine groups is 1. The van der Waals surface area contributed by atoms with Gasteiger partial charge in [0.25, 0.3) is 0 Å². The highest BCUT2D eigenvalue weighted by Crippen LogP contribution is 2.59. The molecule has 0 aromatic heterocycles. The van der Waals surface area contributed by atoms with Crippen LogP contribution in [-0.4, -0.2) is 131 Å². The molecule has 6 N–H and O–H groups in total. The lowest BCUT2D eigenvalue weighted by Gasteiger charge is -2.42. The molecule has 0 bridgehead atoms. The molecule has 0 aromatic carbocycles. The van der Waals surface area contributed by atoms with Gasteiger partial charge >= 0.3 is 5.97 Å². The van der Waals surface area contributed by atoms with Crippen molar-refractivity contribution in [2.45, 2.75) is 102 Å². The zero-order valence-electron chi connectivity index (χ0n) is 31.0. The van der Waals surface area contributed by atoms with Gasteiger partial charge in [0, 0.05) is 26.7 Å². The predicted octanol–water partition coefficient (Wildman–Crippen LogP) is -0.132. The van der Waals surface area contributed by atoms with E-state index in [1.807, 2.05) is 0 Å². The molecule has 0 aromatic rings. The van der Waals surface area contributed by atoms with E-state index in [1.165, 1.54) is 5.57 Å². The molecule has 2 heterocycles. The number of rotatable bonds is 25. The minimum Gasteiger partial charge on any atom is -0.460 e. The lowest BCUT2D eigenvalue weighted by atomic mass is 9.68. The lowest BCUT2D eigenvalue weighted by Crippen LogP contribution is -2.55. The number of esters is 1. The first-order valence-corrected chi connectivity index (χ1v) is 17.9. The molecule has 3 rings (SSSR count). The van der Waals surface area contributed by atoms with Crippen molar-refractivity contribution in [3.05, 3.63) is 11.6 Å². The minimum atomic E-state index is -0.788. The average Bonchev–Trinajstić information content (AvgIpc) is 4.00. The Morgan fingerprint density at radius 2 is 1.67 bits per heavy atom. The zero-order valence-corrected chi connectivity index (χ0v) is 31.0. The molecule has 51 heavy (non-hydrogen) atoms. The van der Waals surface area contributed by atoms with Crippen molar-refractivity contribution in [1.29, 1.82) is 0 Å². The van der Waals surface area contributed by atoms with Crippen molar-refractivity contribution in [3.8, 4) is 0 Å². The largest absolute Gasteiger partial charge is 0.460 e. The number of ether oxygens (including phenoxy) is 6. The summed E-state index contributed by atoms with van der Waals surface area (Å²) in [4.78, 5) is 60.7. The van der Waals surface area contributed by atoms with E-state index in [-0.39, 0.29) is 85.9 Å². The number of allylic oxidation sites excluding steroid dienone is 1. The Labute approximate surface area is 300 Å². The van der Waals surface area contributed by atoms with E-state index >= 15 is 0 Å². The number of hydrogen-bond acceptors (Lipinski definition) is 14. The van der Waals surface area contributed by atoms with E-state index in [1.54, 1.807) is 21.0 Å². The van der Waals surface area contributed by atoms with E-state index in [2.05, 4.69) is 48.2 Å². The fourth-order valence-corrected chi connectivity index (χ4v) is 6.60. The molecule has 290 valence electrons. The topological polar surface area (TPSA) is 221 Å². The summed E-state index contributed by atoms with van der Waals surface area (Å²) in [6.45, 7) is 11.1. The normalized spacial score (nSPS) is 27.1. The molecule has 4 unspecified atom stereocenters. The summed E-state index contributed by atoms with van der Waals surface area (Å²) >= 11 is 0. The van der Waals surface area contributed by atoms with Gasteiger partial charge in [-0.25, -0.2) is 5.43 Å². The third-order valence-electron chi connectivity index (χ3n) is 9.56. The quantitative estimate of drug-likeness (QED) is 0.0157. The summed E-state index contributed by atoms with van der Waals surface area (Å²) in [6.07, 6.45) is 4.63. The van der Waals surface area contributed by atoms with Gasteiger partial charge in [-0.1, -0.05) is 25.5 Å². The van der Waals surface area contributed by atoms with Crippen molar-refractivity contribution in [1.82, 2.24) is 21.4 Å². The average molecular weight is 726 g/mol. The molecule has 2 aliphatic heterocycles. The van der Waals surface area contributed by atoms with Crippen molar-refractivity contribution in [3.63, 3.8) is 0 Å². The highest BCUT2D eigenvalue weighted by molar-refractivity contribution is 6.39. The Morgan fingerprint density at radius 3 is 2.29 bits per heavy atom. The number of methoxy groups -OCH3 is 1. The standard InChI is InChI=1S/C35H59N5O11/c1-22(2)9-10-27-34(5,51-27)32-31(46-6)26(11-12-35(32)21-49-35)50-29(44)8-7-14-47-16-17-48-15-13-38-28(43)20-37-18-24(41)25(42)19-39-33(45)30(40-36)23(3)4/h9,23,26-27,30-32,37,40H,7-8,10-21,36H2,1-6H3,(H,38,43)(H,39,45)/t26?,27-,30+,31?,32?,34?,35+/m1/s1. The number of nitrogens with one attached hydrogen (secondary N) is 4. The van der Waals surface area contributed by atoms with Gasteiger partial charge in [0.15, 0.2) is 0 Å². The number of amides is 2. The first-order valence-electron chi connectivity index (χ1n) is 17.9. The van der Waals surface area contributed by atoms with Crippen LogP contribution in [0.15, 0.2) is 11.6 Å². The van der Waals surface area contributed by atoms with Crippen LogP contribution >= 0.6 is 0 Å². The van der Waals surface area contributed by atoms with Crippen LogP contribution in [0.4, 0.5) is 0 Å². The minimum absolute atomic E-state index is 0.0237. The Hall–Kier alpha value is -2.83. The van der Waals surface area contributed by atoms with Crippen LogP contribution in [0.3, 0.4) is 0 Å². The maximum atomic E-state index is 12.7. The van der Waals surface area contributed by atoms with Crippen LogP contribution in [0.5, 0.6) is 0 Å². The van der Waals surface area contributed by atoms with E-state index < -0.39 is 30.1 Å². The van der Waals surface area contributed by atoms with Gasteiger partial charge in [-0.05, 0) is 52.4 Å². The fraction of sp³-hybridized carbons (Fsp3) is 0.800. The molecule has 2 amide bonds. The zero-order chi connectivity index (χ0) is 37.6. The van der Waals surface area contributed by atoms with Crippen LogP contribution in [-0.2, 0) is 52.4 Å². The second-order valence-corrected chi connectivity index (χ2v) is 14.1. The summed E-state index contributed by atoms with van der Waals surface area (Å²) in [5.41, 5.74) is 2.96. The summed E-state index contributed by atoms with van der Waals surface area (Å²) in [6, 6.07) is -0.690. The van der Waals surface area contributed by atoms with Crippen LogP contribution in [0, 0.1) is 11.8 Å². The lowest BCUT2D eigenvalue weighted by molar-refractivity contribution is -0.172. The second-order valence-electron chi connectivity index (χ2n) is 14.1. The molecule has 1 aliphatic carbocycles. The third kappa shape index (κ3) is 13.0. The molecule has 16 heteroatoms. The second kappa shape index (κ2) is 20.4. The predicted molar refractivity (Wildman–Crippen MR) is 185 cm³/mol. The number of nitrogens with two attached hydrogens (primary N) is 1. The van der Waals surface area contributed by atoms with Gasteiger partial charge in [0.2, 0.25) is 23.4 Å². The van der Waals surface area contributed by atoms with Gasteiger partial charge in [0.1, 0.15) is 29.5 Å². The number of carbonyl (C=O) groups is 5. The van der Waals surface area contributed by atoms with E-state index in [0.29, 0.717) is 39.3 Å². The number of hydrogen-bond donors (Lipinski definition) is 5. The van der Waals surface area contributed by atoms with Crippen molar-refractivity contribution in [2.75, 3.05) is 66.3 Å². The van der Waals surface area contributed by atoms with E-state index in [4.69, 9.17) is 34.3 Å². The van der Waals surface area contributed by atoms with Crippen molar-refractivity contribution < 1.29 is 52.4 Å². The summed E-state index contributed by atoms with van der Waals surface area (Å²) in [5, 5.41) is 7.62. The molecule has 7 atom stereocenters. The monoisotopic (exact) mass is 725 g/mol. The van der Waals surface area contributed by atoms with E-state index in [9.17, 15) is 24.0 Å². The Bertz CT molecular complexity index is 1220. The molecular weight excluding hydrogens is 666 g/mol. The molecule has 1 spiro atoms. The van der Waals surface area contributed by atoms with Gasteiger partial charge in [-0.3, -0.25) is 29.8 Å². The summed E-state index contributed by atoms with van der Waals surface area (Å²) in [5.74, 6) is 2.52. The van der Waals surface area contributed by atoms with Gasteiger partial charge in [-0.2, -0.15) is 0 Å². The number of Topliss-reactive ketones (excluding diaryl/α,β-unsaturated/α-hetero) is 2. The van der Waals surface area contributed by atoms with Crippen LogP contribution in [0.2, 0.25) is 0 Å². The summed E-state index contributed by atoms with van der Waals surface area (Å²) in [7, 11) is 1.66. The highest BCUT2D eigenvalue weighted by atomic mass is 16.6. The Balaban J connectivity index is 1.19. The van der Waals surface area contributed by atoms with Crippen LogP contribution < -0.4 is 27.2 Å². The molecule has 3 aliphatic rings. The Kier molecular flexibility index (Phi) is 17.1. The first-order chi connectivity index (χ1) is 24.3. The molecular formula is C35H59N5O11. The maximum absolute atomic E-state index is 12.7. The number of epoxide rings is 2. The van der Waals surface area contributed by atoms with Gasteiger partial charge in [-0.15, -0.1) is 0 Å². The number of ketones is 2. The SMILES string of the molecule is COC1C(OC(=O)CCCOCCOCCNC(=O)CNCC(=O)C(=O)CNC(=O)[C@@H](NN)C(C)C)CC[C@]2(CO2)C1C1(C)O[C@@H]1CC=C(C)C. The molecule has 0 radical (unpaired) electrons. The first kappa shape index (κ1) is 42.6. The maximum Gasteiger partial charge on any atom is 0.306 e. The fourth-order valence-electron chi connectivity index (χ4n) is 6.60.